The predicted octanol–water partition coefficient (Wildman–Crippen LogP) is 8.84. The normalized spacial score (nSPS) is 11.5. The topological polar surface area (TPSA) is 13.1 Å². The average molecular weight is 449 g/mol. The molecule has 0 bridgehead atoms. The van der Waals surface area contributed by atoms with Gasteiger partial charge in [0.15, 0.2) is 0 Å². The third kappa shape index (κ3) is 2.76. The first-order valence-electron chi connectivity index (χ1n) is 9.97. The van der Waals surface area contributed by atoms with E-state index in [0.29, 0.717) is 0 Å². The summed E-state index contributed by atoms with van der Waals surface area (Å²) >= 11 is 3.59. The highest BCUT2D eigenvalue weighted by Gasteiger charge is 2.16. The van der Waals surface area contributed by atoms with E-state index < -0.39 is 0 Å². The van der Waals surface area contributed by atoms with Gasteiger partial charge in [0.25, 0.3) is 0 Å². The van der Waals surface area contributed by atoms with E-state index in [0.717, 1.165) is 32.2 Å². The maximum Gasteiger partial charge on any atom is 0.143 e. The van der Waals surface area contributed by atoms with Crippen LogP contribution < -0.4 is 0 Å². The minimum absolute atomic E-state index is 0.924. The molecule has 0 spiro atoms. The minimum Gasteiger partial charge on any atom is -0.455 e. The van der Waals surface area contributed by atoms with Crippen molar-refractivity contribution in [1.82, 2.24) is 0 Å². The molecule has 1 aromatic heterocycles. The fraction of sp³-hybridized carbons (Fsp3) is 0. The number of para-hydroxylation sites is 1. The Labute approximate surface area is 182 Å². The summed E-state index contributed by atoms with van der Waals surface area (Å²) in [5, 5.41) is 4.80. The molecule has 0 saturated heterocycles. The zero-order valence-electron chi connectivity index (χ0n) is 16.1. The SMILES string of the molecule is Brc1cccc(-c2cccc(-c3cc4ccccc4c4c3oc3ccccc34)c2)c1. The van der Waals surface area contributed by atoms with Gasteiger partial charge in [-0.25, -0.2) is 0 Å². The van der Waals surface area contributed by atoms with Crippen molar-refractivity contribution in [2.45, 2.75) is 0 Å². The Bertz CT molecular complexity index is 1560. The summed E-state index contributed by atoms with van der Waals surface area (Å²) in [6.45, 7) is 0. The molecule has 0 aliphatic heterocycles. The molecule has 0 N–H and O–H groups in total. The first kappa shape index (κ1) is 17.5. The number of halogens is 1. The van der Waals surface area contributed by atoms with Crippen LogP contribution in [0, 0.1) is 0 Å². The highest BCUT2D eigenvalue weighted by Crippen LogP contribution is 2.41. The number of rotatable bonds is 2. The fourth-order valence-electron chi connectivity index (χ4n) is 4.32. The molecule has 0 fully saturated rings. The summed E-state index contributed by atoms with van der Waals surface area (Å²) in [6.07, 6.45) is 0. The van der Waals surface area contributed by atoms with Crippen LogP contribution >= 0.6 is 15.9 Å². The molecule has 6 rings (SSSR count). The van der Waals surface area contributed by atoms with Gasteiger partial charge in [0, 0.05) is 20.8 Å². The van der Waals surface area contributed by atoms with Gasteiger partial charge in [0.1, 0.15) is 11.2 Å². The highest BCUT2D eigenvalue weighted by atomic mass is 79.9. The van der Waals surface area contributed by atoms with Crippen LogP contribution in [0.15, 0.2) is 112 Å². The van der Waals surface area contributed by atoms with E-state index in [9.17, 15) is 0 Å². The number of furan rings is 1. The number of fused-ring (bicyclic) bond motifs is 5. The van der Waals surface area contributed by atoms with E-state index in [-0.39, 0.29) is 0 Å². The molecule has 0 unspecified atom stereocenters. The lowest BCUT2D eigenvalue weighted by Crippen LogP contribution is -1.84. The van der Waals surface area contributed by atoms with Gasteiger partial charge >= 0.3 is 0 Å². The molecule has 0 aliphatic rings. The van der Waals surface area contributed by atoms with Crippen molar-refractivity contribution in [3.05, 3.63) is 108 Å². The van der Waals surface area contributed by atoms with Gasteiger partial charge in [0.05, 0.1) is 0 Å². The van der Waals surface area contributed by atoms with Crippen molar-refractivity contribution in [1.29, 1.82) is 0 Å². The molecule has 0 radical (unpaired) electrons. The summed E-state index contributed by atoms with van der Waals surface area (Å²) < 4.78 is 7.48. The lowest BCUT2D eigenvalue weighted by molar-refractivity contribution is 0.670. The maximum atomic E-state index is 6.40. The Morgan fingerprint density at radius 2 is 1.27 bits per heavy atom. The van der Waals surface area contributed by atoms with Gasteiger partial charge < -0.3 is 4.42 Å². The Kier molecular flexibility index (Phi) is 4.00. The molecule has 0 atom stereocenters. The summed E-state index contributed by atoms with van der Waals surface area (Å²) in [5.41, 5.74) is 6.52. The second-order valence-corrected chi connectivity index (χ2v) is 8.45. The second kappa shape index (κ2) is 6.86. The molecule has 0 saturated carbocycles. The van der Waals surface area contributed by atoms with E-state index in [4.69, 9.17) is 4.42 Å². The van der Waals surface area contributed by atoms with Crippen molar-refractivity contribution < 1.29 is 4.42 Å². The van der Waals surface area contributed by atoms with Crippen molar-refractivity contribution in [3.63, 3.8) is 0 Å². The fourth-order valence-corrected chi connectivity index (χ4v) is 4.72. The zero-order valence-corrected chi connectivity index (χ0v) is 17.7. The third-order valence-corrected chi connectivity index (χ3v) is 6.19. The maximum absolute atomic E-state index is 6.40. The van der Waals surface area contributed by atoms with Gasteiger partial charge in [-0.2, -0.15) is 0 Å². The number of hydrogen-bond donors (Lipinski definition) is 0. The second-order valence-electron chi connectivity index (χ2n) is 7.54. The van der Waals surface area contributed by atoms with Crippen LogP contribution in [0.2, 0.25) is 0 Å². The van der Waals surface area contributed by atoms with Crippen LogP contribution in [0.3, 0.4) is 0 Å². The van der Waals surface area contributed by atoms with E-state index in [2.05, 4.69) is 107 Å². The van der Waals surface area contributed by atoms with Crippen LogP contribution in [-0.4, -0.2) is 0 Å². The number of hydrogen-bond acceptors (Lipinski definition) is 1. The lowest BCUT2D eigenvalue weighted by Gasteiger charge is -2.09. The highest BCUT2D eigenvalue weighted by molar-refractivity contribution is 9.10. The molecule has 5 aromatic carbocycles. The molecule has 1 nitrogen and oxygen atoms in total. The molecule has 1 heterocycles. The van der Waals surface area contributed by atoms with Gasteiger partial charge in [-0.1, -0.05) is 88.7 Å². The molecule has 30 heavy (non-hydrogen) atoms. The van der Waals surface area contributed by atoms with Crippen molar-refractivity contribution in [2.75, 3.05) is 0 Å². The van der Waals surface area contributed by atoms with Crippen LogP contribution in [-0.2, 0) is 0 Å². The smallest absolute Gasteiger partial charge is 0.143 e. The summed E-state index contributed by atoms with van der Waals surface area (Å²) in [6, 6.07) is 36.2. The predicted molar refractivity (Wildman–Crippen MR) is 130 cm³/mol. The monoisotopic (exact) mass is 448 g/mol. The van der Waals surface area contributed by atoms with Crippen LogP contribution in [0.1, 0.15) is 0 Å². The Hall–Kier alpha value is -3.36. The molecule has 0 amide bonds. The van der Waals surface area contributed by atoms with E-state index in [1.54, 1.807) is 0 Å². The van der Waals surface area contributed by atoms with E-state index in [1.807, 2.05) is 12.1 Å². The van der Waals surface area contributed by atoms with Gasteiger partial charge in [-0.3, -0.25) is 0 Å². The molecule has 0 aliphatic carbocycles. The molecule has 6 aromatic rings. The van der Waals surface area contributed by atoms with Crippen molar-refractivity contribution in [2.24, 2.45) is 0 Å². The summed E-state index contributed by atoms with van der Waals surface area (Å²) in [7, 11) is 0. The Morgan fingerprint density at radius 3 is 2.13 bits per heavy atom. The standard InChI is InChI=1S/C28H17BrO/c29-22-11-6-9-19(16-22)18-8-5-10-20(15-18)25-17-21-7-1-2-12-23(21)27-24-13-3-4-14-26(24)30-28(25)27/h1-17H. The minimum atomic E-state index is 0.924. The molecule has 142 valence electrons. The van der Waals surface area contributed by atoms with E-state index in [1.165, 1.54) is 27.3 Å². The van der Waals surface area contributed by atoms with Crippen LogP contribution in [0.25, 0.3) is 55.0 Å². The van der Waals surface area contributed by atoms with E-state index >= 15 is 0 Å². The first-order valence-corrected chi connectivity index (χ1v) is 10.8. The number of benzene rings is 5. The molecule has 2 heteroatoms. The van der Waals surface area contributed by atoms with Crippen molar-refractivity contribution in [3.8, 4) is 22.3 Å². The third-order valence-electron chi connectivity index (χ3n) is 5.70. The van der Waals surface area contributed by atoms with Gasteiger partial charge in [0.2, 0.25) is 0 Å². The largest absolute Gasteiger partial charge is 0.455 e. The zero-order chi connectivity index (χ0) is 20.1. The summed E-state index contributed by atoms with van der Waals surface area (Å²) in [5.74, 6) is 0. The van der Waals surface area contributed by atoms with Crippen LogP contribution in [0.5, 0.6) is 0 Å². The quantitative estimate of drug-likeness (QED) is 0.257. The van der Waals surface area contributed by atoms with Gasteiger partial charge in [-0.05, 0) is 57.8 Å². The van der Waals surface area contributed by atoms with Crippen molar-refractivity contribution >= 4 is 48.6 Å². The average Bonchev–Trinajstić information content (AvgIpc) is 3.18. The molecular formula is C28H17BrO. The lowest BCUT2D eigenvalue weighted by atomic mass is 9.94. The summed E-state index contributed by atoms with van der Waals surface area (Å²) in [4.78, 5) is 0. The Morgan fingerprint density at radius 1 is 0.567 bits per heavy atom. The first-order chi connectivity index (χ1) is 14.8. The van der Waals surface area contributed by atoms with Crippen LogP contribution in [0.4, 0.5) is 0 Å². The Balaban J connectivity index is 1.68. The van der Waals surface area contributed by atoms with Gasteiger partial charge in [-0.15, -0.1) is 0 Å². The molecular weight excluding hydrogens is 432 g/mol.